The van der Waals surface area contributed by atoms with E-state index in [9.17, 15) is 0 Å². The van der Waals surface area contributed by atoms with E-state index in [1.54, 1.807) is 6.20 Å². The van der Waals surface area contributed by atoms with Crippen molar-refractivity contribution in [2.24, 2.45) is 0 Å². The Kier molecular flexibility index (Phi) is 4.92. The van der Waals surface area contributed by atoms with Crippen LogP contribution < -0.4 is 4.74 Å². The number of pyridine rings is 2. The van der Waals surface area contributed by atoms with Crippen molar-refractivity contribution >= 4 is 0 Å². The van der Waals surface area contributed by atoms with Crippen molar-refractivity contribution < 1.29 is 9.47 Å². The van der Waals surface area contributed by atoms with Gasteiger partial charge in [0.25, 0.3) is 0 Å². The van der Waals surface area contributed by atoms with Gasteiger partial charge in [0.05, 0.1) is 11.3 Å². The second-order valence-electron chi connectivity index (χ2n) is 7.46. The van der Waals surface area contributed by atoms with Gasteiger partial charge in [0.2, 0.25) is 5.88 Å². The molecule has 5 nitrogen and oxygen atoms in total. The minimum absolute atomic E-state index is 0.0478. The molecule has 0 bridgehead atoms. The summed E-state index contributed by atoms with van der Waals surface area (Å²) in [4.78, 5) is 11.5. The molecule has 138 valence electrons. The average Bonchev–Trinajstić information content (AvgIpc) is 3.01. The van der Waals surface area contributed by atoms with Crippen molar-refractivity contribution in [3.05, 3.63) is 54.0 Å². The largest absolute Gasteiger partial charge is 0.474 e. The van der Waals surface area contributed by atoms with Gasteiger partial charge in [-0.1, -0.05) is 12.1 Å². The van der Waals surface area contributed by atoms with Crippen molar-refractivity contribution in [1.29, 1.82) is 0 Å². The summed E-state index contributed by atoms with van der Waals surface area (Å²) in [6.45, 7) is 3.96. The van der Waals surface area contributed by atoms with E-state index in [1.165, 1.54) is 0 Å². The maximum atomic E-state index is 6.16. The highest BCUT2D eigenvalue weighted by atomic mass is 16.5. The molecule has 2 aliphatic rings. The van der Waals surface area contributed by atoms with Crippen molar-refractivity contribution in [3.8, 4) is 5.88 Å². The second-order valence-corrected chi connectivity index (χ2v) is 7.46. The van der Waals surface area contributed by atoms with E-state index in [0.29, 0.717) is 11.9 Å². The van der Waals surface area contributed by atoms with E-state index >= 15 is 0 Å². The number of methoxy groups -OCH3 is 1. The van der Waals surface area contributed by atoms with E-state index in [2.05, 4.69) is 27.0 Å². The van der Waals surface area contributed by atoms with Gasteiger partial charge >= 0.3 is 0 Å². The number of rotatable bonds is 5. The molecule has 0 unspecified atom stereocenters. The van der Waals surface area contributed by atoms with Crippen LogP contribution in [0.2, 0.25) is 0 Å². The van der Waals surface area contributed by atoms with Gasteiger partial charge in [0.1, 0.15) is 6.10 Å². The molecule has 3 heterocycles. The third-order valence-electron chi connectivity index (χ3n) is 5.89. The highest BCUT2D eigenvalue weighted by molar-refractivity contribution is 5.14. The standard InChI is InChI=1S/C21H27N3O2/c1-16-6-5-7-17(23-16)15-24-13-11-21(25-2)10-9-18(14-19(21)24)26-20-8-3-4-12-22-20/h3-8,12,18-19H,9-11,13-15H2,1-2H3/t18-,19-,21+/m0/s1. The van der Waals surface area contributed by atoms with Gasteiger partial charge in [-0.15, -0.1) is 0 Å². The van der Waals surface area contributed by atoms with Crippen LogP contribution in [0.4, 0.5) is 0 Å². The summed E-state index contributed by atoms with van der Waals surface area (Å²) in [6, 6.07) is 12.4. The lowest BCUT2D eigenvalue weighted by Gasteiger charge is -2.43. The number of likely N-dealkylation sites (tertiary alicyclic amines) is 1. The number of fused-ring (bicyclic) bond motifs is 1. The van der Waals surface area contributed by atoms with Gasteiger partial charge < -0.3 is 9.47 Å². The lowest BCUT2D eigenvalue weighted by Crippen LogP contribution is -2.52. The predicted octanol–water partition coefficient (Wildman–Crippen LogP) is 3.38. The number of nitrogens with zero attached hydrogens (tertiary/aromatic N) is 3. The van der Waals surface area contributed by atoms with Crippen LogP contribution >= 0.6 is 0 Å². The van der Waals surface area contributed by atoms with Crippen LogP contribution in [0.3, 0.4) is 0 Å². The summed E-state index contributed by atoms with van der Waals surface area (Å²) in [5, 5.41) is 0. The SMILES string of the molecule is CO[C@@]12CC[C@H](Oc3ccccn3)C[C@@H]1N(Cc1cccc(C)n1)CC2. The fourth-order valence-corrected chi connectivity index (χ4v) is 4.54. The summed E-state index contributed by atoms with van der Waals surface area (Å²) in [5.41, 5.74) is 2.15. The highest BCUT2D eigenvalue weighted by Gasteiger charge is 2.51. The molecule has 2 fully saturated rings. The predicted molar refractivity (Wildman–Crippen MR) is 100 cm³/mol. The molecule has 5 heteroatoms. The Balaban J connectivity index is 1.49. The van der Waals surface area contributed by atoms with E-state index in [1.807, 2.05) is 38.3 Å². The second kappa shape index (κ2) is 7.33. The summed E-state index contributed by atoms with van der Waals surface area (Å²) < 4.78 is 12.2. The maximum Gasteiger partial charge on any atom is 0.213 e. The van der Waals surface area contributed by atoms with E-state index < -0.39 is 0 Å². The lowest BCUT2D eigenvalue weighted by molar-refractivity contribution is -0.0844. The van der Waals surface area contributed by atoms with Crippen LogP contribution in [-0.2, 0) is 11.3 Å². The molecule has 0 aromatic carbocycles. The first-order valence-electron chi connectivity index (χ1n) is 9.48. The van der Waals surface area contributed by atoms with Crippen LogP contribution in [0.1, 0.15) is 37.1 Å². The maximum absolute atomic E-state index is 6.16. The van der Waals surface area contributed by atoms with Crippen molar-refractivity contribution in [2.75, 3.05) is 13.7 Å². The molecule has 3 atom stereocenters. The number of ether oxygens (including phenoxy) is 2. The normalized spacial score (nSPS) is 28.7. The Morgan fingerprint density at radius 3 is 2.88 bits per heavy atom. The van der Waals surface area contributed by atoms with Gasteiger partial charge in [0.15, 0.2) is 0 Å². The first-order valence-corrected chi connectivity index (χ1v) is 9.48. The zero-order chi connectivity index (χ0) is 18.0. The van der Waals surface area contributed by atoms with Gasteiger partial charge in [0, 0.05) is 50.6 Å². The Morgan fingerprint density at radius 2 is 2.12 bits per heavy atom. The molecule has 26 heavy (non-hydrogen) atoms. The molecule has 1 aliphatic carbocycles. The number of aromatic nitrogens is 2. The van der Waals surface area contributed by atoms with Crippen LogP contribution in [0.15, 0.2) is 42.6 Å². The molecule has 2 aromatic heterocycles. The van der Waals surface area contributed by atoms with Crippen molar-refractivity contribution in [2.45, 2.75) is 56.9 Å². The molecule has 1 saturated heterocycles. The van der Waals surface area contributed by atoms with Crippen LogP contribution in [0, 0.1) is 6.92 Å². The number of hydrogen-bond acceptors (Lipinski definition) is 5. The van der Waals surface area contributed by atoms with E-state index in [4.69, 9.17) is 9.47 Å². The van der Waals surface area contributed by atoms with Gasteiger partial charge in [-0.05, 0) is 44.4 Å². The van der Waals surface area contributed by atoms with E-state index in [-0.39, 0.29) is 11.7 Å². The summed E-state index contributed by atoms with van der Waals surface area (Å²) in [5.74, 6) is 0.715. The number of aryl methyl sites for hydroxylation is 1. The quantitative estimate of drug-likeness (QED) is 0.825. The Morgan fingerprint density at radius 1 is 1.19 bits per heavy atom. The molecule has 0 amide bonds. The van der Waals surface area contributed by atoms with Gasteiger partial charge in [-0.3, -0.25) is 9.88 Å². The minimum atomic E-state index is -0.0478. The third kappa shape index (κ3) is 3.46. The fraction of sp³-hybridized carbons (Fsp3) is 0.524. The lowest BCUT2D eigenvalue weighted by atomic mass is 9.79. The smallest absolute Gasteiger partial charge is 0.213 e. The third-order valence-corrected chi connectivity index (χ3v) is 5.89. The molecule has 0 N–H and O–H groups in total. The van der Waals surface area contributed by atoms with Crippen molar-refractivity contribution in [3.63, 3.8) is 0 Å². The van der Waals surface area contributed by atoms with Gasteiger partial charge in [-0.2, -0.15) is 0 Å². The van der Waals surface area contributed by atoms with Crippen LogP contribution in [0.25, 0.3) is 0 Å². The molecule has 1 aliphatic heterocycles. The molecule has 0 spiro atoms. The topological polar surface area (TPSA) is 47.5 Å². The zero-order valence-electron chi connectivity index (χ0n) is 15.6. The van der Waals surface area contributed by atoms with Crippen molar-refractivity contribution in [1.82, 2.24) is 14.9 Å². The average molecular weight is 353 g/mol. The number of hydrogen-bond donors (Lipinski definition) is 0. The van der Waals surface area contributed by atoms with Crippen LogP contribution in [-0.4, -0.2) is 46.3 Å². The molecule has 2 aromatic rings. The van der Waals surface area contributed by atoms with Crippen LogP contribution in [0.5, 0.6) is 5.88 Å². The first kappa shape index (κ1) is 17.4. The molecule has 0 radical (unpaired) electrons. The van der Waals surface area contributed by atoms with E-state index in [0.717, 1.165) is 50.2 Å². The fourth-order valence-electron chi connectivity index (χ4n) is 4.54. The Labute approximate surface area is 155 Å². The summed E-state index contributed by atoms with van der Waals surface area (Å²) >= 11 is 0. The zero-order valence-corrected chi connectivity index (χ0v) is 15.6. The Hall–Kier alpha value is -1.98. The molecular formula is C21H27N3O2. The monoisotopic (exact) mass is 353 g/mol. The molecule has 1 saturated carbocycles. The first-order chi connectivity index (χ1) is 12.7. The molecular weight excluding hydrogens is 326 g/mol. The summed E-state index contributed by atoms with van der Waals surface area (Å²) in [7, 11) is 1.86. The Bertz CT molecular complexity index is 739. The van der Waals surface area contributed by atoms with Gasteiger partial charge in [-0.25, -0.2) is 4.98 Å². The minimum Gasteiger partial charge on any atom is -0.474 e. The highest BCUT2D eigenvalue weighted by Crippen LogP contribution is 2.43. The summed E-state index contributed by atoms with van der Waals surface area (Å²) in [6.07, 6.45) is 6.06. The molecule has 4 rings (SSSR count).